The van der Waals surface area contributed by atoms with Crippen LogP contribution in [0.25, 0.3) is 0 Å². The zero-order valence-electron chi connectivity index (χ0n) is 23.6. The molecule has 1 fully saturated rings. The second kappa shape index (κ2) is 15.5. The Hall–Kier alpha value is -0.870. The zero-order valence-corrected chi connectivity index (χ0v) is 25.2. The maximum atomic E-state index is 13.9. The summed E-state index contributed by atoms with van der Waals surface area (Å²) in [4.78, 5) is 14.4. The molecule has 2 rings (SSSR count). The van der Waals surface area contributed by atoms with Gasteiger partial charge in [0.2, 0.25) is 0 Å². The summed E-state index contributed by atoms with van der Waals surface area (Å²) in [5, 5.41) is 0. The van der Waals surface area contributed by atoms with Crippen LogP contribution in [0.5, 0.6) is 0 Å². The highest BCUT2D eigenvalue weighted by Gasteiger charge is 2.50. The average molecular weight is 539 g/mol. The quantitative estimate of drug-likeness (QED) is 0.267. The molecule has 0 spiro atoms. The molecule has 0 heterocycles. The average Bonchev–Trinajstić information content (AvgIpc) is 2.83. The van der Waals surface area contributed by atoms with E-state index in [0.29, 0.717) is 6.42 Å². The van der Waals surface area contributed by atoms with Crippen molar-refractivity contribution < 1.29 is 13.7 Å². The molecule has 0 radical (unpaired) electrons. The number of aryl methyl sites for hydroxylation is 1. The number of alkyl halides is 1. The van der Waals surface area contributed by atoms with Gasteiger partial charge >= 0.3 is 5.97 Å². The molecule has 36 heavy (non-hydrogen) atoms. The molecular weight excluding hydrogens is 488 g/mol. The molecule has 1 aromatic carbocycles. The molecule has 3 nitrogen and oxygen atoms in total. The van der Waals surface area contributed by atoms with Gasteiger partial charge in [-0.25, -0.2) is 0 Å². The topological polar surface area (TPSA) is 43.4 Å². The fourth-order valence-electron chi connectivity index (χ4n) is 5.72. The van der Waals surface area contributed by atoms with Gasteiger partial charge in [0, 0.05) is 10.3 Å². The van der Waals surface area contributed by atoms with Crippen LogP contribution < -0.4 is 0 Å². The minimum atomic E-state index is -1.42. The van der Waals surface area contributed by atoms with Crippen LogP contribution in [0.3, 0.4) is 0 Å². The van der Waals surface area contributed by atoms with E-state index in [9.17, 15) is 9.00 Å². The number of hydrogen-bond donors (Lipinski definition) is 0. The normalized spacial score (nSPS) is 21.4. The molecule has 1 aliphatic rings. The maximum Gasteiger partial charge on any atom is 0.310 e. The van der Waals surface area contributed by atoms with Gasteiger partial charge in [0.25, 0.3) is 0 Å². The number of hydrogen-bond acceptors (Lipinski definition) is 3. The van der Waals surface area contributed by atoms with Crippen molar-refractivity contribution in [1.82, 2.24) is 0 Å². The third-order valence-electron chi connectivity index (χ3n) is 7.72. The van der Waals surface area contributed by atoms with Gasteiger partial charge < -0.3 is 4.74 Å². The van der Waals surface area contributed by atoms with Gasteiger partial charge in [-0.3, -0.25) is 9.00 Å². The first-order chi connectivity index (χ1) is 17.1. The predicted octanol–water partition coefficient (Wildman–Crippen LogP) is 9.50. The molecule has 0 saturated heterocycles. The number of ether oxygens (including phenoxy) is 1. The largest absolute Gasteiger partial charge is 0.460 e. The number of carbonyl (C=O) groups is 1. The van der Waals surface area contributed by atoms with Crippen LogP contribution in [0.1, 0.15) is 130 Å². The predicted molar refractivity (Wildman–Crippen MR) is 154 cm³/mol. The van der Waals surface area contributed by atoms with Crippen LogP contribution >= 0.6 is 11.6 Å². The van der Waals surface area contributed by atoms with Crippen molar-refractivity contribution in [3.05, 3.63) is 29.8 Å². The molecule has 3 atom stereocenters. The first kappa shape index (κ1) is 31.3. The Balaban J connectivity index is 2.44. The first-order valence-corrected chi connectivity index (χ1v) is 16.1. The van der Waals surface area contributed by atoms with Gasteiger partial charge in [0.15, 0.2) is 0 Å². The maximum absolute atomic E-state index is 13.9. The third-order valence-corrected chi connectivity index (χ3v) is 10.2. The molecular formula is C31H51ClO3S. The second-order valence-electron chi connectivity index (χ2n) is 11.9. The van der Waals surface area contributed by atoms with Gasteiger partial charge in [-0.15, -0.1) is 11.6 Å². The van der Waals surface area contributed by atoms with E-state index in [1.807, 2.05) is 52.0 Å². The Morgan fingerprint density at radius 2 is 1.31 bits per heavy atom. The van der Waals surface area contributed by atoms with E-state index in [-0.39, 0.29) is 11.9 Å². The van der Waals surface area contributed by atoms with Crippen LogP contribution in [0.15, 0.2) is 29.2 Å². The first-order valence-electron chi connectivity index (χ1n) is 14.4. The number of carbonyl (C=O) groups excluding carboxylic acids is 1. The molecule has 0 N–H and O–H groups in total. The molecule has 1 aliphatic carbocycles. The number of esters is 1. The fourth-order valence-corrected chi connectivity index (χ4v) is 7.87. The van der Waals surface area contributed by atoms with E-state index in [0.717, 1.165) is 49.0 Å². The summed E-state index contributed by atoms with van der Waals surface area (Å²) in [6.45, 7) is 9.85. The highest BCUT2D eigenvalue weighted by molar-refractivity contribution is 7.87. The Bertz CT molecular complexity index is 783. The van der Waals surface area contributed by atoms with E-state index in [1.54, 1.807) is 0 Å². The third kappa shape index (κ3) is 9.78. The number of halogens is 1. The van der Waals surface area contributed by atoms with E-state index >= 15 is 0 Å². The van der Waals surface area contributed by atoms with Crippen molar-refractivity contribution in [3.8, 4) is 0 Å². The monoisotopic (exact) mass is 538 g/mol. The van der Waals surface area contributed by atoms with E-state index < -0.39 is 26.5 Å². The Labute approximate surface area is 229 Å². The molecule has 2 unspecified atom stereocenters. The fraction of sp³-hybridized carbons (Fsp3) is 0.774. The van der Waals surface area contributed by atoms with Crippen LogP contribution in [0, 0.1) is 18.3 Å². The van der Waals surface area contributed by atoms with Gasteiger partial charge in [-0.1, -0.05) is 102 Å². The van der Waals surface area contributed by atoms with Crippen LogP contribution in [-0.4, -0.2) is 20.5 Å². The van der Waals surface area contributed by atoms with E-state index in [1.165, 1.54) is 51.4 Å². The lowest BCUT2D eigenvalue weighted by Crippen LogP contribution is -2.46. The molecule has 206 valence electrons. The van der Waals surface area contributed by atoms with Crippen molar-refractivity contribution in [2.24, 2.45) is 11.3 Å². The Kier molecular flexibility index (Phi) is 13.5. The zero-order chi connectivity index (χ0) is 26.6. The molecule has 1 aromatic rings. The molecule has 0 aliphatic heterocycles. The smallest absolute Gasteiger partial charge is 0.310 e. The molecule has 0 aromatic heterocycles. The van der Waals surface area contributed by atoms with Crippen molar-refractivity contribution in [3.63, 3.8) is 0 Å². The lowest BCUT2D eigenvalue weighted by Gasteiger charge is -2.43. The SMILES string of the molecule is CC[C@@H](C(=O)OC(C)(C)C)C1(C(Cl)S(=O)c2ccc(C)cc2)CCCCCCCCCCCCCC1. The second-order valence-corrected chi connectivity index (χ2v) is 14.1. The lowest BCUT2D eigenvalue weighted by molar-refractivity contribution is -0.165. The standard InChI is InChI=1S/C31H51ClO3S/c1-6-27(28(33)35-30(3,4)5)31(29(32)36(34)26-21-19-25(2)20-22-26)23-17-15-13-11-9-7-8-10-12-14-16-18-24-31/h19-22,27,29H,6-18,23-24H2,1-5H3/t27-,29?,36?/m0/s1. The van der Waals surface area contributed by atoms with Crippen LogP contribution in [-0.2, 0) is 20.3 Å². The summed E-state index contributed by atoms with van der Waals surface area (Å²) in [5.74, 6) is -0.557. The van der Waals surface area contributed by atoms with E-state index in [2.05, 4.69) is 6.92 Å². The van der Waals surface area contributed by atoms with Crippen molar-refractivity contribution in [2.45, 2.75) is 146 Å². The number of rotatable bonds is 6. The van der Waals surface area contributed by atoms with Crippen molar-refractivity contribution in [1.29, 1.82) is 0 Å². The minimum absolute atomic E-state index is 0.186. The summed E-state index contributed by atoms with van der Waals surface area (Å²) in [6.07, 6.45) is 16.9. The minimum Gasteiger partial charge on any atom is -0.460 e. The van der Waals surface area contributed by atoms with Crippen LogP contribution in [0.4, 0.5) is 0 Å². The van der Waals surface area contributed by atoms with Gasteiger partial charge in [-0.2, -0.15) is 0 Å². The summed E-state index contributed by atoms with van der Waals surface area (Å²) in [7, 11) is -1.42. The van der Waals surface area contributed by atoms with Gasteiger partial charge in [0.1, 0.15) is 10.3 Å². The van der Waals surface area contributed by atoms with Gasteiger partial charge in [-0.05, 0) is 59.1 Å². The number of benzene rings is 1. The molecule has 0 bridgehead atoms. The van der Waals surface area contributed by atoms with E-state index in [4.69, 9.17) is 16.3 Å². The molecule has 0 amide bonds. The molecule has 1 saturated carbocycles. The van der Waals surface area contributed by atoms with Gasteiger partial charge in [0.05, 0.1) is 16.7 Å². The summed E-state index contributed by atoms with van der Waals surface area (Å²) < 4.78 is 19.2. The van der Waals surface area contributed by atoms with Crippen molar-refractivity contribution in [2.75, 3.05) is 0 Å². The summed E-state index contributed by atoms with van der Waals surface area (Å²) >= 11 is 7.30. The highest BCUT2D eigenvalue weighted by atomic mass is 35.5. The summed E-state index contributed by atoms with van der Waals surface area (Å²) in [6, 6.07) is 7.83. The molecule has 5 heteroatoms. The highest BCUT2D eigenvalue weighted by Crippen LogP contribution is 2.49. The Morgan fingerprint density at radius 1 is 0.889 bits per heavy atom. The Morgan fingerprint density at radius 3 is 1.69 bits per heavy atom. The summed E-state index contributed by atoms with van der Waals surface area (Å²) in [5.41, 5.74) is 0.00326. The van der Waals surface area contributed by atoms with Crippen molar-refractivity contribution >= 4 is 28.4 Å². The lowest BCUT2D eigenvalue weighted by atomic mass is 9.68. The van der Waals surface area contributed by atoms with Crippen LogP contribution in [0.2, 0.25) is 0 Å².